The zero-order chi connectivity index (χ0) is 8.43. The number of hydrogen-bond acceptors (Lipinski definition) is 4. The fourth-order valence-corrected chi connectivity index (χ4v) is 0.958. The molecule has 1 atom stereocenters. The van der Waals surface area contributed by atoms with E-state index in [4.69, 9.17) is 4.74 Å². The van der Waals surface area contributed by atoms with E-state index in [1.54, 1.807) is 0 Å². The van der Waals surface area contributed by atoms with Crippen molar-refractivity contribution >= 4 is 11.8 Å². The van der Waals surface area contributed by atoms with E-state index < -0.39 is 12.0 Å². The third-order valence-electron chi connectivity index (χ3n) is 1.53. The number of carbonyl (C=O) groups excluding carboxylic acids is 2. The van der Waals surface area contributed by atoms with Gasteiger partial charge in [-0.05, 0) is 0 Å². The molecule has 1 rings (SSSR count). The van der Waals surface area contributed by atoms with Gasteiger partial charge in [0.15, 0.2) is 0 Å². The number of rotatable bonds is 2. The van der Waals surface area contributed by atoms with Crippen LogP contribution in [0.4, 0.5) is 0 Å². The fraction of sp³-hybridized carbons (Fsp3) is 0.667. The van der Waals surface area contributed by atoms with E-state index in [0.29, 0.717) is 5.06 Å². The highest BCUT2D eigenvalue weighted by Gasteiger charge is 2.39. The summed E-state index contributed by atoms with van der Waals surface area (Å²) in [5.74, 6) is -0.788. The number of amides is 2. The van der Waals surface area contributed by atoms with Crippen molar-refractivity contribution in [2.45, 2.75) is 12.5 Å². The Morgan fingerprint density at radius 1 is 1.45 bits per heavy atom. The van der Waals surface area contributed by atoms with Gasteiger partial charge in [0.1, 0.15) is 6.10 Å². The molecule has 0 radical (unpaired) electrons. The number of hydroxylamine groups is 2. The normalized spacial score (nSPS) is 24.9. The maximum atomic E-state index is 11.0. The molecule has 1 aliphatic heterocycles. The van der Waals surface area contributed by atoms with Crippen LogP contribution in [-0.2, 0) is 19.2 Å². The van der Waals surface area contributed by atoms with Gasteiger partial charge in [-0.3, -0.25) is 14.4 Å². The Balaban J connectivity index is 2.71. The second-order valence-electron chi connectivity index (χ2n) is 2.14. The third kappa shape index (κ3) is 1.24. The van der Waals surface area contributed by atoms with Gasteiger partial charge >= 0.3 is 0 Å². The summed E-state index contributed by atoms with van der Waals surface area (Å²) in [5.41, 5.74) is 0. The van der Waals surface area contributed by atoms with Gasteiger partial charge in [0.05, 0.1) is 13.5 Å². The standard InChI is InChI=1S/C6H9NO4/c1-10-4-3-5(8)7(11-2)6(4)9/h4H,3H2,1-2H3. The number of carbonyl (C=O) groups is 2. The van der Waals surface area contributed by atoms with Crippen LogP contribution >= 0.6 is 0 Å². The quantitative estimate of drug-likeness (QED) is 0.501. The lowest BCUT2D eigenvalue weighted by Crippen LogP contribution is -2.31. The van der Waals surface area contributed by atoms with Crippen molar-refractivity contribution in [1.82, 2.24) is 5.06 Å². The van der Waals surface area contributed by atoms with Crippen LogP contribution in [0, 0.1) is 0 Å². The van der Waals surface area contributed by atoms with Gasteiger partial charge in [-0.2, -0.15) is 5.06 Å². The number of methoxy groups -OCH3 is 1. The van der Waals surface area contributed by atoms with Crippen LogP contribution in [0.15, 0.2) is 0 Å². The molecule has 11 heavy (non-hydrogen) atoms. The van der Waals surface area contributed by atoms with E-state index in [0.717, 1.165) is 0 Å². The summed E-state index contributed by atoms with van der Waals surface area (Å²) < 4.78 is 4.73. The monoisotopic (exact) mass is 159 g/mol. The number of hydrogen-bond donors (Lipinski definition) is 0. The van der Waals surface area contributed by atoms with Crippen molar-refractivity contribution in [1.29, 1.82) is 0 Å². The van der Waals surface area contributed by atoms with Crippen molar-refractivity contribution in [3.63, 3.8) is 0 Å². The molecule has 0 aromatic carbocycles. The fourth-order valence-electron chi connectivity index (χ4n) is 0.958. The first-order valence-electron chi connectivity index (χ1n) is 3.14. The van der Waals surface area contributed by atoms with Crippen LogP contribution in [0.2, 0.25) is 0 Å². The lowest BCUT2D eigenvalue weighted by atomic mass is 10.3. The molecule has 0 saturated carbocycles. The number of ether oxygens (including phenoxy) is 1. The maximum absolute atomic E-state index is 11.0. The van der Waals surface area contributed by atoms with Crippen molar-refractivity contribution in [2.75, 3.05) is 14.2 Å². The van der Waals surface area contributed by atoms with Gasteiger partial charge in [0.2, 0.25) is 0 Å². The molecule has 1 heterocycles. The minimum absolute atomic E-state index is 0.0726. The summed E-state index contributed by atoms with van der Waals surface area (Å²) in [4.78, 5) is 26.4. The first kappa shape index (κ1) is 8.16. The highest BCUT2D eigenvalue weighted by Crippen LogP contribution is 2.14. The molecule has 62 valence electrons. The van der Waals surface area contributed by atoms with Gasteiger partial charge in [-0.1, -0.05) is 0 Å². The Hall–Kier alpha value is -0.940. The van der Waals surface area contributed by atoms with Crippen LogP contribution in [0.3, 0.4) is 0 Å². The molecule has 0 spiro atoms. The van der Waals surface area contributed by atoms with E-state index in [9.17, 15) is 9.59 Å². The summed E-state index contributed by atoms with van der Waals surface area (Å²) in [6.45, 7) is 0. The first-order chi connectivity index (χ1) is 5.20. The van der Waals surface area contributed by atoms with Crippen molar-refractivity contribution in [3.8, 4) is 0 Å². The van der Waals surface area contributed by atoms with Crippen LogP contribution in [0.25, 0.3) is 0 Å². The van der Waals surface area contributed by atoms with E-state index in [2.05, 4.69) is 4.84 Å². The number of imide groups is 1. The lowest BCUT2D eigenvalue weighted by Gasteiger charge is -2.09. The minimum Gasteiger partial charge on any atom is -0.371 e. The Morgan fingerprint density at radius 2 is 2.09 bits per heavy atom. The first-order valence-corrected chi connectivity index (χ1v) is 3.14. The molecule has 0 aliphatic carbocycles. The van der Waals surface area contributed by atoms with Gasteiger partial charge in [-0.25, -0.2) is 0 Å². The average Bonchev–Trinajstić information content (AvgIpc) is 2.26. The van der Waals surface area contributed by atoms with Crippen LogP contribution < -0.4 is 0 Å². The molecule has 1 saturated heterocycles. The number of nitrogens with zero attached hydrogens (tertiary/aromatic N) is 1. The lowest BCUT2D eigenvalue weighted by molar-refractivity contribution is -0.182. The highest BCUT2D eigenvalue weighted by molar-refractivity contribution is 6.03. The SMILES string of the molecule is COC1CC(=O)N(OC)C1=O. The molecule has 0 aromatic heterocycles. The average molecular weight is 159 g/mol. The van der Waals surface area contributed by atoms with Gasteiger partial charge in [-0.15, -0.1) is 0 Å². The molecule has 2 amide bonds. The van der Waals surface area contributed by atoms with E-state index in [-0.39, 0.29) is 12.3 Å². The predicted octanol–water partition coefficient (Wildman–Crippen LogP) is -0.678. The molecule has 0 bridgehead atoms. The zero-order valence-corrected chi connectivity index (χ0v) is 6.36. The van der Waals surface area contributed by atoms with E-state index >= 15 is 0 Å². The largest absolute Gasteiger partial charge is 0.371 e. The second kappa shape index (κ2) is 2.98. The zero-order valence-electron chi connectivity index (χ0n) is 6.36. The molecule has 0 N–H and O–H groups in total. The van der Waals surface area contributed by atoms with E-state index in [1.807, 2.05) is 0 Å². The minimum atomic E-state index is -0.664. The molecule has 1 aliphatic rings. The summed E-state index contributed by atoms with van der Waals surface area (Å²) in [7, 11) is 2.66. The smallest absolute Gasteiger partial charge is 0.283 e. The molecular weight excluding hydrogens is 150 g/mol. The van der Waals surface area contributed by atoms with Crippen molar-refractivity contribution in [3.05, 3.63) is 0 Å². The molecule has 0 aromatic rings. The van der Waals surface area contributed by atoms with Crippen LogP contribution in [0.1, 0.15) is 6.42 Å². The van der Waals surface area contributed by atoms with Crippen LogP contribution in [-0.4, -0.2) is 37.2 Å². The third-order valence-corrected chi connectivity index (χ3v) is 1.53. The Labute approximate surface area is 63.8 Å². The Kier molecular flexibility index (Phi) is 2.21. The maximum Gasteiger partial charge on any atom is 0.283 e. The van der Waals surface area contributed by atoms with Gasteiger partial charge in [0, 0.05) is 7.11 Å². The Morgan fingerprint density at radius 3 is 2.36 bits per heavy atom. The molecule has 1 fully saturated rings. The van der Waals surface area contributed by atoms with Crippen molar-refractivity contribution < 1.29 is 19.2 Å². The summed E-state index contributed by atoms with van der Waals surface area (Å²) >= 11 is 0. The molecular formula is C6H9NO4. The Bertz CT molecular complexity index is 191. The summed E-state index contributed by atoms with van der Waals surface area (Å²) in [6.07, 6.45) is -0.592. The molecule has 5 nitrogen and oxygen atoms in total. The van der Waals surface area contributed by atoms with Gasteiger partial charge in [0.25, 0.3) is 11.8 Å². The topological polar surface area (TPSA) is 55.8 Å². The highest BCUT2D eigenvalue weighted by atomic mass is 16.7. The van der Waals surface area contributed by atoms with Crippen LogP contribution in [0.5, 0.6) is 0 Å². The second-order valence-corrected chi connectivity index (χ2v) is 2.14. The molecule has 1 unspecified atom stereocenters. The van der Waals surface area contributed by atoms with Crippen molar-refractivity contribution in [2.24, 2.45) is 0 Å². The summed E-state index contributed by atoms with van der Waals surface area (Å²) in [5, 5.41) is 0.716. The summed E-state index contributed by atoms with van der Waals surface area (Å²) in [6, 6.07) is 0. The predicted molar refractivity (Wildman–Crippen MR) is 34.3 cm³/mol. The van der Waals surface area contributed by atoms with Gasteiger partial charge < -0.3 is 4.74 Å². The molecule has 5 heteroatoms. The van der Waals surface area contributed by atoms with E-state index in [1.165, 1.54) is 14.2 Å².